The van der Waals surface area contributed by atoms with Gasteiger partial charge in [-0.3, -0.25) is 4.90 Å². The lowest BCUT2D eigenvalue weighted by Crippen LogP contribution is -3.01. The predicted molar refractivity (Wildman–Crippen MR) is 241 cm³/mol. The number of quaternary nitrogens is 3. The van der Waals surface area contributed by atoms with E-state index in [9.17, 15) is 0 Å². The quantitative estimate of drug-likeness (QED) is 0.0434. The van der Waals surface area contributed by atoms with Crippen molar-refractivity contribution in [1.29, 1.82) is 0 Å². The van der Waals surface area contributed by atoms with Gasteiger partial charge in [-0.1, -0.05) is 64.1 Å². The second-order valence-corrected chi connectivity index (χ2v) is 18.7. The number of nitrogens with one attached hydrogen (secondary N) is 1. The fraction of sp³-hybridized carbons (Fsp3) is 0.457. The van der Waals surface area contributed by atoms with Crippen LogP contribution in [0.3, 0.4) is 0 Å². The van der Waals surface area contributed by atoms with Crippen LogP contribution in [0, 0.1) is 0 Å². The second-order valence-electron chi connectivity index (χ2n) is 16.0. The molecule has 1 aliphatic rings. The van der Waals surface area contributed by atoms with E-state index in [0.29, 0.717) is 0 Å². The molecule has 1 atom stereocenters. The Bertz CT molecular complexity index is 1640. The van der Waals surface area contributed by atoms with Crippen molar-refractivity contribution in [3.63, 3.8) is 0 Å². The molecule has 2 heterocycles. The molecule has 54 heavy (non-hydrogen) atoms. The van der Waals surface area contributed by atoms with Crippen molar-refractivity contribution in [3.8, 4) is 0 Å². The Kier molecular flexibility index (Phi) is 18.0. The molecule has 0 fully saturated rings. The number of aryl methyl sites for hydroxylation is 1. The second kappa shape index (κ2) is 22.3. The number of aromatic nitrogens is 1. The van der Waals surface area contributed by atoms with Gasteiger partial charge in [-0.2, -0.15) is 0 Å². The van der Waals surface area contributed by atoms with E-state index in [2.05, 4.69) is 208 Å². The van der Waals surface area contributed by atoms with Crippen LogP contribution in [-0.2, 0) is 6.54 Å². The Morgan fingerprint density at radius 1 is 0.611 bits per heavy atom. The summed E-state index contributed by atoms with van der Waals surface area (Å²) in [6, 6.07) is 22.2. The van der Waals surface area contributed by atoms with E-state index < -0.39 is 0 Å². The molecule has 4 rings (SSSR count). The lowest BCUT2D eigenvalue weighted by atomic mass is 10.1. The minimum absolute atomic E-state index is 1.000. The van der Waals surface area contributed by atoms with Gasteiger partial charge in [0.05, 0.1) is 72.9 Å². The van der Waals surface area contributed by atoms with Gasteiger partial charge in [-0.05, 0) is 60.9 Å². The number of benzene rings is 2. The molecule has 0 radical (unpaired) electrons. The third kappa shape index (κ3) is 15.8. The summed E-state index contributed by atoms with van der Waals surface area (Å²) >= 11 is 0. The maximum Gasteiger partial charge on any atom is 0.169 e. The molecule has 6 nitrogen and oxygen atoms in total. The van der Waals surface area contributed by atoms with Gasteiger partial charge in [-0.15, -0.1) is 0 Å². The molecule has 0 amide bonds. The summed E-state index contributed by atoms with van der Waals surface area (Å²) in [6.45, 7) is 13.5. The van der Waals surface area contributed by atoms with Crippen molar-refractivity contribution in [2.75, 3.05) is 109 Å². The monoisotopic (exact) mass is 771 g/mol. The molecule has 0 aliphatic carbocycles. The Hall–Kier alpha value is -3.27. The van der Waals surface area contributed by atoms with E-state index in [1.165, 1.54) is 95.5 Å². The average Bonchev–Trinajstić information content (AvgIpc) is 3.64. The zero-order chi connectivity index (χ0) is 38.8. The summed E-state index contributed by atoms with van der Waals surface area (Å²) < 4.78 is 4.36. The highest BCUT2D eigenvalue weighted by atomic mass is 33.1. The van der Waals surface area contributed by atoms with Crippen LogP contribution >= 0.6 is 21.6 Å². The van der Waals surface area contributed by atoms with Crippen LogP contribution in [0.25, 0.3) is 18.2 Å². The maximum absolute atomic E-state index is 2.40. The molecule has 0 saturated carbocycles. The van der Waals surface area contributed by atoms with Crippen molar-refractivity contribution in [3.05, 3.63) is 120 Å². The minimum atomic E-state index is 1.000. The number of hydrogen-bond acceptors (Lipinski definition) is 4. The van der Waals surface area contributed by atoms with E-state index >= 15 is 0 Å². The normalized spacial score (nSPS) is 14.7. The van der Waals surface area contributed by atoms with Crippen LogP contribution in [0.15, 0.2) is 103 Å². The molecule has 0 bridgehead atoms. The third-order valence-corrected chi connectivity index (χ3v) is 13.0. The number of rotatable bonds is 24. The molecule has 2 aromatic carbocycles. The zero-order valence-corrected chi connectivity index (χ0v) is 36.3. The van der Waals surface area contributed by atoms with Crippen molar-refractivity contribution >= 4 is 51.2 Å². The number of nitrogens with zero attached hydrogens (tertiary/aromatic N) is 5. The molecule has 0 spiro atoms. The first-order valence-corrected chi connectivity index (χ1v) is 22.6. The van der Waals surface area contributed by atoms with Crippen LogP contribution in [0.4, 0.5) is 11.4 Å². The van der Waals surface area contributed by atoms with Gasteiger partial charge < -0.3 is 18.8 Å². The lowest BCUT2D eigenvalue weighted by molar-refractivity contribution is -0.890. The SMILES string of the molecule is CC[n+]1ccc(/C=C/c2ccc(N(C)CCC[N+](C)(C)CCCSSCC[N+](C)(C)CCCN(C)c3ccc(/C=C/C4=C[NH+](CC)C=C4)cc3)cc2)cc1. The van der Waals surface area contributed by atoms with E-state index in [1.807, 2.05) is 0 Å². The third-order valence-electron chi connectivity index (χ3n) is 10.5. The van der Waals surface area contributed by atoms with Crippen molar-refractivity contribution in [2.45, 2.75) is 39.7 Å². The highest BCUT2D eigenvalue weighted by Crippen LogP contribution is 2.24. The summed E-state index contributed by atoms with van der Waals surface area (Å²) in [5, 5.41) is 0. The smallest absolute Gasteiger partial charge is 0.169 e. The van der Waals surface area contributed by atoms with Crippen LogP contribution in [0.5, 0.6) is 0 Å². The molecular formula is C46H70N6S2+4. The molecule has 292 valence electrons. The number of anilines is 2. The summed E-state index contributed by atoms with van der Waals surface area (Å²) in [4.78, 5) is 6.19. The van der Waals surface area contributed by atoms with Gasteiger partial charge in [-0.25, -0.2) is 4.57 Å². The van der Waals surface area contributed by atoms with Gasteiger partial charge in [0.1, 0.15) is 12.7 Å². The highest BCUT2D eigenvalue weighted by molar-refractivity contribution is 8.76. The first kappa shape index (κ1) is 43.5. The van der Waals surface area contributed by atoms with Crippen LogP contribution in [0.1, 0.15) is 49.8 Å². The molecule has 1 aromatic heterocycles. The Labute approximate surface area is 337 Å². The van der Waals surface area contributed by atoms with E-state index in [1.54, 1.807) is 0 Å². The number of hydrogen-bond donors (Lipinski definition) is 1. The van der Waals surface area contributed by atoms with Crippen LogP contribution < -0.4 is 19.3 Å². The summed E-state index contributed by atoms with van der Waals surface area (Å²) in [6.07, 6.45) is 23.4. The van der Waals surface area contributed by atoms with Crippen LogP contribution in [-0.4, -0.2) is 109 Å². The molecule has 8 heteroatoms. The van der Waals surface area contributed by atoms with Gasteiger partial charge in [0, 0.05) is 87.4 Å². The zero-order valence-electron chi connectivity index (χ0n) is 34.7. The minimum Gasteiger partial charge on any atom is -0.374 e. The predicted octanol–water partition coefficient (Wildman–Crippen LogP) is 7.77. The molecule has 1 N–H and O–H groups in total. The molecular weight excluding hydrogens is 701 g/mol. The van der Waals surface area contributed by atoms with Crippen LogP contribution in [0.2, 0.25) is 0 Å². The van der Waals surface area contributed by atoms with Gasteiger partial charge in [0.15, 0.2) is 12.4 Å². The first-order chi connectivity index (χ1) is 25.9. The van der Waals surface area contributed by atoms with Gasteiger partial charge in [0.25, 0.3) is 0 Å². The van der Waals surface area contributed by atoms with Gasteiger partial charge in [0.2, 0.25) is 0 Å². The summed E-state index contributed by atoms with van der Waals surface area (Å²) in [5.41, 5.74) is 7.57. The van der Waals surface area contributed by atoms with E-state index in [0.717, 1.165) is 35.1 Å². The maximum atomic E-state index is 2.40. The average molecular weight is 771 g/mol. The molecule has 1 unspecified atom stereocenters. The fourth-order valence-corrected chi connectivity index (χ4v) is 8.94. The van der Waals surface area contributed by atoms with E-state index in [-0.39, 0.29) is 0 Å². The standard InChI is InChI=1S/C46H69N6S2/c1-9-49-31-26-43(27-32-49)15-14-41-18-22-45(23-19-41)47(3)29-11-34-51(5,6)36-13-38-53-54-39-37-52(7,8)35-12-30-48(4)46-24-20-42(21-25-46)16-17-44-28-33-50(10-2)40-44/h14-28,31-33,40H,9-13,29-30,34-39H2,1-8H3/q+3/p+1/b17-16+. The summed E-state index contributed by atoms with van der Waals surface area (Å²) in [7, 11) is 18.1. The Morgan fingerprint density at radius 3 is 1.61 bits per heavy atom. The van der Waals surface area contributed by atoms with Gasteiger partial charge >= 0.3 is 0 Å². The van der Waals surface area contributed by atoms with Crippen molar-refractivity contribution in [1.82, 2.24) is 0 Å². The largest absolute Gasteiger partial charge is 0.374 e. The van der Waals surface area contributed by atoms with E-state index in [4.69, 9.17) is 0 Å². The molecule has 0 saturated heterocycles. The Morgan fingerprint density at radius 2 is 1.09 bits per heavy atom. The summed E-state index contributed by atoms with van der Waals surface area (Å²) in [5.74, 6) is 2.44. The molecule has 1 aliphatic heterocycles. The number of pyridine rings is 1. The fourth-order valence-electron chi connectivity index (χ4n) is 6.60. The first-order valence-electron chi connectivity index (χ1n) is 20.1. The topological polar surface area (TPSA) is 14.8 Å². The lowest BCUT2D eigenvalue weighted by Gasteiger charge is -2.31. The molecule has 3 aromatic rings. The number of allylic oxidation sites excluding steroid dienone is 3. The Balaban J connectivity index is 1.02. The van der Waals surface area contributed by atoms with Crippen molar-refractivity contribution < 1.29 is 18.4 Å². The van der Waals surface area contributed by atoms with Crippen molar-refractivity contribution in [2.24, 2.45) is 0 Å². The highest BCUT2D eigenvalue weighted by Gasteiger charge is 2.17.